The van der Waals surface area contributed by atoms with E-state index in [2.05, 4.69) is 0 Å². The fourth-order valence-corrected chi connectivity index (χ4v) is 1.29. The molecule has 1 saturated carbocycles. The molecule has 0 radical (unpaired) electrons. The molecule has 0 bridgehead atoms. The third-order valence-corrected chi connectivity index (χ3v) is 2.58. The summed E-state index contributed by atoms with van der Waals surface area (Å²) in [5, 5.41) is 0. The fourth-order valence-electron chi connectivity index (χ4n) is 1.29. The first-order valence-corrected chi connectivity index (χ1v) is 4.98. The summed E-state index contributed by atoms with van der Waals surface area (Å²) in [6.07, 6.45) is -2.60. The number of benzene rings is 1. The van der Waals surface area contributed by atoms with Gasteiger partial charge in [-0.25, -0.2) is 0 Å². The third-order valence-electron chi connectivity index (χ3n) is 2.58. The zero-order chi connectivity index (χ0) is 11.8. The number of halogens is 4. The maximum atomic E-state index is 12.4. The number of nitrogens with two attached hydrogens (primary N) is 1. The van der Waals surface area contributed by atoms with Crippen LogP contribution in [-0.2, 0) is 6.18 Å². The minimum atomic E-state index is -4.33. The molecule has 96 valence electrons. The molecule has 0 spiro atoms. The third kappa shape index (κ3) is 3.78. The highest BCUT2D eigenvalue weighted by atomic mass is 35.5. The lowest BCUT2D eigenvalue weighted by atomic mass is 10.2. The molecule has 1 aromatic carbocycles. The molecule has 0 heterocycles. The van der Waals surface area contributed by atoms with E-state index >= 15 is 0 Å². The first-order chi connectivity index (χ1) is 7.39. The van der Waals surface area contributed by atoms with Crippen molar-refractivity contribution in [3.05, 3.63) is 29.8 Å². The summed E-state index contributed by atoms with van der Waals surface area (Å²) in [4.78, 5) is 0. The lowest BCUT2D eigenvalue weighted by Gasteiger charge is -2.12. The van der Waals surface area contributed by atoms with Crippen LogP contribution in [0.3, 0.4) is 0 Å². The fraction of sp³-hybridized carbons (Fsp3) is 0.455. The van der Waals surface area contributed by atoms with E-state index in [0.29, 0.717) is 0 Å². The van der Waals surface area contributed by atoms with Crippen molar-refractivity contribution >= 4 is 12.4 Å². The Labute approximate surface area is 103 Å². The molecule has 0 aliphatic heterocycles. The normalized spacial score (nSPS) is 17.2. The second-order valence-electron chi connectivity index (χ2n) is 4.18. The zero-order valence-corrected chi connectivity index (χ0v) is 9.77. The molecule has 2 rings (SSSR count). The molecule has 1 aliphatic rings. The maximum Gasteiger partial charge on any atom is 0.416 e. The predicted molar refractivity (Wildman–Crippen MR) is 60.3 cm³/mol. The molecule has 17 heavy (non-hydrogen) atoms. The van der Waals surface area contributed by atoms with Crippen LogP contribution in [0.4, 0.5) is 13.2 Å². The van der Waals surface area contributed by atoms with Crippen LogP contribution in [0.5, 0.6) is 5.75 Å². The summed E-state index contributed by atoms with van der Waals surface area (Å²) in [5.41, 5.74) is 4.74. The van der Waals surface area contributed by atoms with E-state index in [1.54, 1.807) is 0 Å². The van der Waals surface area contributed by atoms with Crippen LogP contribution in [0.1, 0.15) is 18.4 Å². The predicted octanol–water partition coefficient (Wildman–Crippen LogP) is 3.00. The highest BCUT2D eigenvalue weighted by Crippen LogP contribution is 2.34. The summed E-state index contributed by atoms with van der Waals surface area (Å²) in [6, 6.07) is 4.84. The molecule has 0 saturated heterocycles. The van der Waals surface area contributed by atoms with Crippen molar-refractivity contribution in [2.75, 3.05) is 6.61 Å². The van der Waals surface area contributed by atoms with Gasteiger partial charge in [0.2, 0.25) is 0 Å². The molecule has 0 unspecified atom stereocenters. The Kier molecular flexibility index (Phi) is 3.94. The van der Waals surface area contributed by atoms with E-state index < -0.39 is 11.7 Å². The number of alkyl halides is 3. The smallest absolute Gasteiger partial charge is 0.416 e. The van der Waals surface area contributed by atoms with Crippen molar-refractivity contribution in [3.63, 3.8) is 0 Å². The molecule has 6 heteroatoms. The van der Waals surface area contributed by atoms with Gasteiger partial charge in [-0.3, -0.25) is 0 Å². The van der Waals surface area contributed by atoms with Gasteiger partial charge >= 0.3 is 6.18 Å². The van der Waals surface area contributed by atoms with Crippen LogP contribution in [0.2, 0.25) is 0 Å². The Morgan fingerprint density at radius 3 is 2.47 bits per heavy atom. The number of rotatable bonds is 3. The molecule has 1 fully saturated rings. The van der Waals surface area contributed by atoms with Gasteiger partial charge in [-0.05, 0) is 31.0 Å². The number of hydrogen-bond acceptors (Lipinski definition) is 2. The van der Waals surface area contributed by atoms with Crippen molar-refractivity contribution in [3.8, 4) is 5.75 Å². The van der Waals surface area contributed by atoms with Crippen LogP contribution < -0.4 is 10.5 Å². The second-order valence-corrected chi connectivity index (χ2v) is 4.18. The van der Waals surface area contributed by atoms with E-state index in [-0.39, 0.29) is 30.3 Å². The van der Waals surface area contributed by atoms with Crippen LogP contribution in [-0.4, -0.2) is 12.1 Å². The van der Waals surface area contributed by atoms with Crippen LogP contribution in [0.25, 0.3) is 0 Å². The van der Waals surface area contributed by atoms with Crippen molar-refractivity contribution < 1.29 is 17.9 Å². The average molecular weight is 268 g/mol. The molecule has 1 aromatic rings. The van der Waals surface area contributed by atoms with Crippen LogP contribution in [0.15, 0.2) is 24.3 Å². The van der Waals surface area contributed by atoms with Gasteiger partial charge < -0.3 is 10.5 Å². The molecule has 2 N–H and O–H groups in total. The van der Waals surface area contributed by atoms with Gasteiger partial charge in [0.05, 0.1) is 11.1 Å². The second kappa shape index (κ2) is 4.74. The van der Waals surface area contributed by atoms with Crippen molar-refractivity contribution in [1.82, 2.24) is 0 Å². The quantitative estimate of drug-likeness (QED) is 0.914. The topological polar surface area (TPSA) is 35.2 Å². The molecule has 0 aromatic heterocycles. The van der Waals surface area contributed by atoms with Gasteiger partial charge in [0.15, 0.2) is 0 Å². The van der Waals surface area contributed by atoms with E-state index in [0.717, 1.165) is 25.0 Å². The van der Waals surface area contributed by atoms with E-state index in [1.165, 1.54) is 12.1 Å². The van der Waals surface area contributed by atoms with Crippen molar-refractivity contribution in [1.29, 1.82) is 0 Å². The number of ether oxygens (including phenoxy) is 1. The average Bonchev–Trinajstić information content (AvgIpc) is 2.94. The van der Waals surface area contributed by atoms with Crippen LogP contribution >= 0.6 is 12.4 Å². The standard InChI is InChI=1S/C11H12F3NO.ClH/c12-11(13,14)8-2-1-3-9(6-8)16-7-10(15)4-5-10;/h1-3,6H,4-5,7,15H2;1H. The Bertz CT molecular complexity index is 391. The van der Waals surface area contributed by atoms with Gasteiger partial charge in [0.25, 0.3) is 0 Å². The molecular formula is C11H13ClF3NO. The largest absolute Gasteiger partial charge is 0.492 e. The van der Waals surface area contributed by atoms with Gasteiger partial charge in [-0.1, -0.05) is 6.07 Å². The Balaban J connectivity index is 0.00000144. The zero-order valence-electron chi connectivity index (χ0n) is 8.96. The highest BCUT2D eigenvalue weighted by molar-refractivity contribution is 5.85. The van der Waals surface area contributed by atoms with Gasteiger partial charge in [-0.15, -0.1) is 12.4 Å². The van der Waals surface area contributed by atoms with E-state index in [4.69, 9.17) is 10.5 Å². The first kappa shape index (κ1) is 14.1. The Hall–Kier alpha value is -0.940. The summed E-state index contributed by atoms with van der Waals surface area (Å²) < 4.78 is 42.4. The summed E-state index contributed by atoms with van der Waals surface area (Å²) >= 11 is 0. The molecular weight excluding hydrogens is 255 g/mol. The lowest BCUT2D eigenvalue weighted by molar-refractivity contribution is -0.137. The van der Waals surface area contributed by atoms with Gasteiger partial charge in [-0.2, -0.15) is 13.2 Å². The van der Waals surface area contributed by atoms with E-state index in [1.807, 2.05) is 0 Å². The first-order valence-electron chi connectivity index (χ1n) is 4.98. The lowest BCUT2D eigenvalue weighted by Crippen LogP contribution is -2.29. The minimum absolute atomic E-state index is 0. The summed E-state index contributed by atoms with van der Waals surface area (Å²) in [5.74, 6) is 0.214. The van der Waals surface area contributed by atoms with Crippen LogP contribution in [0, 0.1) is 0 Å². The van der Waals surface area contributed by atoms with Crippen molar-refractivity contribution in [2.24, 2.45) is 5.73 Å². The summed E-state index contributed by atoms with van der Waals surface area (Å²) in [7, 11) is 0. The molecule has 2 nitrogen and oxygen atoms in total. The van der Waals surface area contributed by atoms with Gasteiger partial charge in [0, 0.05) is 0 Å². The molecule has 0 atom stereocenters. The molecule has 0 amide bonds. The summed E-state index contributed by atoms with van der Waals surface area (Å²) in [6.45, 7) is 0.272. The van der Waals surface area contributed by atoms with E-state index in [9.17, 15) is 13.2 Å². The maximum absolute atomic E-state index is 12.4. The molecule has 1 aliphatic carbocycles. The highest BCUT2D eigenvalue weighted by Gasteiger charge is 2.39. The SMILES string of the molecule is Cl.NC1(COc2cccc(C(F)(F)F)c2)CC1. The monoisotopic (exact) mass is 267 g/mol. The minimum Gasteiger partial charge on any atom is -0.492 e. The number of hydrogen-bond donors (Lipinski definition) is 1. The van der Waals surface area contributed by atoms with Crippen molar-refractivity contribution in [2.45, 2.75) is 24.6 Å². The Morgan fingerprint density at radius 2 is 1.94 bits per heavy atom. The van der Waals surface area contributed by atoms with Gasteiger partial charge in [0.1, 0.15) is 12.4 Å². The Morgan fingerprint density at radius 1 is 1.29 bits per heavy atom.